The monoisotopic (exact) mass is 401 g/mol. The number of hydrogen-bond acceptors (Lipinski definition) is 5. The van der Waals surface area contributed by atoms with Gasteiger partial charge in [0, 0.05) is 29.6 Å². The van der Waals surface area contributed by atoms with E-state index in [1.165, 1.54) is 0 Å². The lowest BCUT2D eigenvalue weighted by Gasteiger charge is -2.24. The Morgan fingerprint density at radius 2 is 2.23 bits per heavy atom. The molecular weight excluding hydrogens is 378 g/mol. The molecule has 1 aromatic rings. The van der Waals surface area contributed by atoms with Crippen LogP contribution in [0.3, 0.4) is 0 Å². The molecule has 0 aromatic heterocycles. The largest absolute Gasteiger partial charge is 0.339 e. The number of hydrogen-bond donors (Lipinski definition) is 3. The molecule has 4 N–H and O–H groups in total. The van der Waals surface area contributed by atoms with Gasteiger partial charge in [-0.25, -0.2) is 4.99 Å². The summed E-state index contributed by atoms with van der Waals surface area (Å²) in [4.78, 5) is 29.3. The lowest BCUT2D eigenvalue weighted by Crippen LogP contribution is -2.50. The molecule has 2 unspecified atom stereocenters. The molecule has 4 aliphatic rings. The first-order valence-corrected chi connectivity index (χ1v) is 10.4. The highest BCUT2D eigenvalue weighted by Gasteiger charge is 2.43. The third-order valence-electron chi connectivity index (χ3n) is 6.49. The second-order valence-electron chi connectivity index (χ2n) is 8.51. The molecule has 2 aliphatic heterocycles. The number of nitrogens with one attached hydrogen (secondary N) is 2. The fourth-order valence-corrected chi connectivity index (χ4v) is 5.03. The number of fused-ring (bicyclic) bond motifs is 5. The van der Waals surface area contributed by atoms with Crippen molar-refractivity contribution in [1.29, 1.82) is 5.26 Å². The number of piperidine rings is 1. The molecule has 1 saturated carbocycles. The molecule has 5 rings (SSSR count). The summed E-state index contributed by atoms with van der Waals surface area (Å²) in [7, 11) is 0. The van der Waals surface area contributed by atoms with E-state index in [4.69, 9.17) is 5.73 Å². The van der Waals surface area contributed by atoms with Crippen LogP contribution in [0.25, 0.3) is 5.57 Å². The third kappa shape index (κ3) is 3.28. The van der Waals surface area contributed by atoms with E-state index in [2.05, 4.69) is 21.7 Å². The van der Waals surface area contributed by atoms with Gasteiger partial charge in [0.2, 0.25) is 5.91 Å². The van der Waals surface area contributed by atoms with Gasteiger partial charge in [-0.1, -0.05) is 24.3 Å². The van der Waals surface area contributed by atoms with Crippen molar-refractivity contribution in [2.75, 3.05) is 0 Å². The van der Waals surface area contributed by atoms with Crippen molar-refractivity contribution in [1.82, 2.24) is 10.6 Å². The average molecular weight is 401 g/mol. The number of nitrogens with two attached hydrogens (primary N) is 1. The van der Waals surface area contributed by atoms with Crippen molar-refractivity contribution < 1.29 is 9.59 Å². The smallest absolute Gasteiger partial charge is 0.278 e. The van der Waals surface area contributed by atoms with Crippen molar-refractivity contribution >= 4 is 23.1 Å². The van der Waals surface area contributed by atoms with Gasteiger partial charge in [0.05, 0.1) is 17.8 Å². The van der Waals surface area contributed by atoms with Crippen LogP contribution in [0.4, 0.5) is 0 Å². The number of nitriles is 1. The summed E-state index contributed by atoms with van der Waals surface area (Å²) in [6, 6.07) is 7.09. The molecule has 1 saturated heterocycles. The minimum absolute atomic E-state index is 0.106. The Morgan fingerprint density at radius 3 is 2.97 bits per heavy atom. The van der Waals surface area contributed by atoms with Gasteiger partial charge in [-0.2, -0.15) is 5.26 Å². The van der Waals surface area contributed by atoms with Crippen molar-refractivity contribution in [2.24, 2.45) is 16.6 Å². The summed E-state index contributed by atoms with van der Waals surface area (Å²) in [5, 5.41) is 15.8. The molecule has 7 nitrogen and oxygen atoms in total. The van der Waals surface area contributed by atoms with Gasteiger partial charge < -0.3 is 16.4 Å². The molecular formula is C23H23N5O2. The van der Waals surface area contributed by atoms with Crippen LogP contribution in [0.5, 0.6) is 0 Å². The molecule has 2 heterocycles. The summed E-state index contributed by atoms with van der Waals surface area (Å²) >= 11 is 0. The minimum atomic E-state index is -0.653. The van der Waals surface area contributed by atoms with Crippen LogP contribution < -0.4 is 16.4 Å². The molecule has 2 amide bonds. The van der Waals surface area contributed by atoms with Gasteiger partial charge in [0.25, 0.3) is 5.91 Å². The topological polar surface area (TPSA) is 120 Å². The Morgan fingerprint density at radius 1 is 1.37 bits per heavy atom. The molecule has 2 aliphatic carbocycles. The number of aliphatic imine (C=N–C) groups is 1. The van der Waals surface area contributed by atoms with E-state index in [0.29, 0.717) is 29.7 Å². The van der Waals surface area contributed by atoms with Crippen LogP contribution in [-0.4, -0.2) is 41.7 Å². The number of carbonyl (C=O) groups excluding carboxylic acids is 2. The predicted molar refractivity (Wildman–Crippen MR) is 113 cm³/mol. The van der Waals surface area contributed by atoms with E-state index in [-0.39, 0.29) is 23.9 Å². The van der Waals surface area contributed by atoms with Gasteiger partial charge in [0.15, 0.2) is 0 Å². The van der Waals surface area contributed by atoms with Crippen LogP contribution in [0.1, 0.15) is 40.7 Å². The molecule has 1 aromatic carbocycles. The predicted octanol–water partition coefficient (Wildman–Crippen LogP) is 1.25. The standard InChI is InChI=1S/C23H23N5O2/c24-11-16(27-23(30)21-13-2-4-15(9-13)26-21)7-12-1-5-17-18-10-14(25)3-6-20(18)28-22(29)19(17)8-12/h1,3,5-6,8,10,13-16,21,26H,2,4,7,9,25H2,(H,27,30)/t13-,14?,15+,16?,21-/m0/s1. The van der Waals surface area contributed by atoms with E-state index >= 15 is 0 Å². The third-order valence-corrected chi connectivity index (χ3v) is 6.49. The van der Waals surface area contributed by atoms with Gasteiger partial charge in [0.1, 0.15) is 6.04 Å². The second-order valence-corrected chi connectivity index (χ2v) is 8.51. The Bertz CT molecular complexity index is 1060. The van der Waals surface area contributed by atoms with Gasteiger partial charge in [-0.15, -0.1) is 0 Å². The molecule has 0 spiro atoms. The van der Waals surface area contributed by atoms with Crippen molar-refractivity contribution in [3.05, 3.63) is 53.1 Å². The second kappa shape index (κ2) is 7.31. The SMILES string of the molecule is N#CC(Cc1ccc2c(c1)C(=O)N=C1C=CC(N)C=C12)NC(=O)[C@H]1N[C@@H]2CC[C@H]1C2. The van der Waals surface area contributed by atoms with Gasteiger partial charge >= 0.3 is 0 Å². The molecule has 0 radical (unpaired) electrons. The maximum atomic E-state index is 12.6. The van der Waals surface area contributed by atoms with Crippen LogP contribution in [0.15, 0.2) is 41.4 Å². The van der Waals surface area contributed by atoms with Crippen LogP contribution in [-0.2, 0) is 11.2 Å². The quantitative estimate of drug-likeness (QED) is 0.701. The maximum absolute atomic E-state index is 12.6. The molecule has 2 bridgehead atoms. The first kappa shape index (κ1) is 18.9. The normalized spacial score (nSPS) is 29.4. The number of carbonyl (C=O) groups is 2. The first-order valence-electron chi connectivity index (χ1n) is 10.4. The summed E-state index contributed by atoms with van der Waals surface area (Å²) in [6.07, 6.45) is 9.04. The lowest BCUT2D eigenvalue weighted by molar-refractivity contribution is -0.124. The Labute approximate surface area is 174 Å². The van der Waals surface area contributed by atoms with E-state index in [1.807, 2.05) is 18.2 Å². The highest BCUT2D eigenvalue weighted by molar-refractivity contribution is 6.36. The Hall–Kier alpha value is -3.08. The molecule has 7 heteroatoms. The maximum Gasteiger partial charge on any atom is 0.278 e. The highest BCUT2D eigenvalue weighted by Crippen LogP contribution is 2.35. The van der Waals surface area contributed by atoms with Crippen molar-refractivity contribution in [3.8, 4) is 6.07 Å². The van der Waals surface area contributed by atoms with Crippen LogP contribution >= 0.6 is 0 Å². The Balaban J connectivity index is 1.32. The zero-order chi connectivity index (χ0) is 20.8. The number of amides is 2. The first-order chi connectivity index (χ1) is 14.5. The van der Waals surface area contributed by atoms with Gasteiger partial charge in [-0.05, 0) is 48.4 Å². The van der Waals surface area contributed by atoms with E-state index < -0.39 is 6.04 Å². The highest BCUT2D eigenvalue weighted by atomic mass is 16.2. The molecule has 5 atom stereocenters. The summed E-state index contributed by atoms with van der Waals surface area (Å²) < 4.78 is 0. The zero-order valence-corrected chi connectivity index (χ0v) is 16.5. The Kier molecular flexibility index (Phi) is 4.61. The summed E-state index contributed by atoms with van der Waals surface area (Å²) in [5.41, 5.74) is 9.59. The van der Waals surface area contributed by atoms with E-state index in [0.717, 1.165) is 36.0 Å². The fourth-order valence-electron chi connectivity index (χ4n) is 5.03. The van der Waals surface area contributed by atoms with Crippen molar-refractivity contribution in [2.45, 2.75) is 49.9 Å². The number of benzene rings is 1. The number of allylic oxidation sites excluding steroid dienone is 2. The zero-order valence-electron chi connectivity index (χ0n) is 16.5. The molecule has 2 fully saturated rings. The number of rotatable bonds is 4. The average Bonchev–Trinajstić information content (AvgIpc) is 3.38. The molecule has 30 heavy (non-hydrogen) atoms. The number of nitrogens with zero attached hydrogens (tertiary/aromatic N) is 2. The van der Waals surface area contributed by atoms with Gasteiger partial charge in [-0.3, -0.25) is 9.59 Å². The van der Waals surface area contributed by atoms with E-state index in [9.17, 15) is 14.9 Å². The van der Waals surface area contributed by atoms with E-state index in [1.54, 1.807) is 18.2 Å². The summed E-state index contributed by atoms with van der Waals surface area (Å²) in [6.45, 7) is 0. The lowest BCUT2D eigenvalue weighted by atomic mass is 9.87. The minimum Gasteiger partial charge on any atom is -0.339 e. The fraction of sp³-hybridized carbons (Fsp3) is 0.391. The van der Waals surface area contributed by atoms with Crippen LogP contribution in [0.2, 0.25) is 0 Å². The van der Waals surface area contributed by atoms with Crippen molar-refractivity contribution in [3.63, 3.8) is 0 Å². The van der Waals surface area contributed by atoms with Crippen LogP contribution in [0, 0.1) is 17.2 Å². The summed E-state index contributed by atoms with van der Waals surface area (Å²) in [5.74, 6) is -0.0417. The molecule has 152 valence electrons.